The lowest BCUT2D eigenvalue weighted by molar-refractivity contribution is -0.145. The zero-order valence-electron chi connectivity index (χ0n) is 8.87. The first kappa shape index (κ1) is 13.4. The van der Waals surface area contributed by atoms with Crippen LogP contribution in [0, 0.1) is 11.3 Å². The maximum Gasteiger partial charge on any atom is 0.322 e. The van der Waals surface area contributed by atoms with E-state index in [4.69, 9.17) is 10.00 Å². The molecule has 0 heterocycles. The summed E-state index contributed by atoms with van der Waals surface area (Å²) in [6.07, 6.45) is 0. The zero-order chi connectivity index (χ0) is 11.7. The van der Waals surface area contributed by atoms with Crippen molar-refractivity contribution in [3.63, 3.8) is 0 Å². The SMILES string of the molecule is CCOC(=O)C(C)NCC(=O)NCC#N. The van der Waals surface area contributed by atoms with Crippen LogP contribution < -0.4 is 10.6 Å². The van der Waals surface area contributed by atoms with Gasteiger partial charge >= 0.3 is 5.97 Å². The number of hydrogen-bond donors (Lipinski definition) is 2. The number of ether oxygens (including phenoxy) is 1. The van der Waals surface area contributed by atoms with Crippen molar-refractivity contribution in [2.75, 3.05) is 19.7 Å². The molecule has 0 saturated heterocycles. The van der Waals surface area contributed by atoms with Gasteiger partial charge in [0, 0.05) is 0 Å². The second kappa shape index (κ2) is 7.76. The Kier molecular flexibility index (Phi) is 6.93. The predicted molar refractivity (Wildman–Crippen MR) is 52.7 cm³/mol. The molecule has 0 aromatic heterocycles. The van der Waals surface area contributed by atoms with Gasteiger partial charge in [-0.05, 0) is 13.8 Å². The minimum atomic E-state index is -0.530. The molecule has 84 valence electrons. The summed E-state index contributed by atoms with van der Waals surface area (Å²) in [6, 6.07) is 1.25. The Bertz CT molecular complexity index is 260. The van der Waals surface area contributed by atoms with Crippen molar-refractivity contribution in [3.05, 3.63) is 0 Å². The van der Waals surface area contributed by atoms with Gasteiger partial charge in [0.05, 0.1) is 19.2 Å². The van der Waals surface area contributed by atoms with Gasteiger partial charge in [-0.15, -0.1) is 0 Å². The first-order chi connectivity index (χ1) is 7.11. The predicted octanol–water partition coefficient (Wildman–Crippen LogP) is -0.833. The maximum atomic E-state index is 11.1. The van der Waals surface area contributed by atoms with Crippen molar-refractivity contribution >= 4 is 11.9 Å². The van der Waals surface area contributed by atoms with E-state index >= 15 is 0 Å². The lowest BCUT2D eigenvalue weighted by Crippen LogP contribution is -2.42. The minimum Gasteiger partial charge on any atom is -0.465 e. The van der Waals surface area contributed by atoms with Crippen molar-refractivity contribution in [2.45, 2.75) is 19.9 Å². The fourth-order valence-electron chi connectivity index (χ4n) is 0.797. The summed E-state index contributed by atoms with van der Waals surface area (Å²) < 4.78 is 4.73. The van der Waals surface area contributed by atoms with E-state index in [9.17, 15) is 9.59 Å². The molecule has 6 heteroatoms. The molecule has 1 amide bonds. The number of nitrogens with one attached hydrogen (secondary N) is 2. The van der Waals surface area contributed by atoms with Crippen molar-refractivity contribution in [1.82, 2.24) is 10.6 Å². The highest BCUT2D eigenvalue weighted by molar-refractivity contribution is 5.80. The van der Waals surface area contributed by atoms with Gasteiger partial charge in [0.25, 0.3) is 0 Å². The summed E-state index contributed by atoms with van der Waals surface area (Å²) in [6.45, 7) is 3.58. The third-order valence-corrected chi connectivity index (χ3v) is 1.57. The number of esters is 1. The summed E-state index contributed by atoms with van der Waals surface area (Å²) in [7, 11) is 0. The van der Waals surface area contributed by atoms with E-state index in [1.165, 1.54) is 0 Å². The summed E-state index contributed by atoms with van der Waals surface area (Å²) in [5, 5.41) is 13.2. The van der Waals surface area contributed by atoms with Crippen LogP contribution in [0.1, 0.15) is 13.8 Å². The quantitative estimate of drug-likeness (QED) is 0.444. The number of carbonyl (C=O) groups excluding carboxylic acids is 2. The van der Waals surface area contributed by atoms with Gasteiger partial charge in [0.2, 0.25) is 5.91 Å². The Morgan fingerprint density at radius 3 is 2.73 bits per heavy atom. The summed E-state index contributed by atoms with van der Waals surface area (Å²) in [4.78, 5) is 22.1. The van der Waals surface area contributed by atoms with E-state index < -0.39 is 12.0 Å². The first-order valence-electron chi connectivity index (χ1n) is 4.65. The van der Waals surface area contributed by atoms with E-state index in [2.05, 4.69) is 10.6 Å². The topological polar surface area (TPSA) is 91.2 Å². The highest BCUT2D eigenvalue weighted by Crippen LogP contribution is 1.86. The Labute approximate surface area is 88.6 Å². The average molecular weight is 213 g/mol. The molecule has 0 spiro atoms. The summed E-state index contributed by atoms with van der Waals surface area (Å²) >= 11 is 0. The lowest BCUT2D eigenvalue weighted by Gasteiger charge is -2.11. The Morgan fingerprint density at radius 1 is 1.53 bits per heavy atom. The number of hydrogen-bond acceptors (Lipinski definition) is 5. The number of rotatable bonds is 6. The number of nitriles is 1. The summed E-state index contributed by atoms with van der Waals surface area (Å²) in [5.74, 6) is -0.724. The molecular weight excluding hydrogens is 198 g/mol. The number of carbonyl (C=O) groups is 2. The monoisotopic (exact) mass is 213 g/mol. The standard InChI is InChI=1S/C9H15N3O3/c1-3-15-9(14)7(2)12-6-8(13)11-5-4-10/h7,12H,3,5-6H2,1-2H3,(H,11,13). The highest BCUT2D eigenvalue weighted by Gasteiger charge is 2.13. The third kappa shape index (κ3) is 6.46. The van der Waals surface area contributed by atoms with Gasteiger partial charge < -0.3 is 10.1 Å². The highest BCUT2D eigenvalue weighted by atomic mass is 16.5. The smallest absolute Gasteiger partial charge is 0.322 e. The third-order valence-electron chi connectivity index (χ3n) is 1.57. The normalized spacial score (nSPS) is 11.3. The molecule has 0 aliphatic rings. The molecule has 1 unspecified atom stereocenters. The van der Waals surface area contributed by atoms with E-state index in [1.807, 2.05) is 0 Å². The molecule has 0 rings (SSSR count). The van der Waals surface area contributed by atoms with E-state index in [1.54, 1.807) is 19.9 Å². The van der Waals surface area contributed by atoms with Crippen LogP contribution in [-0.2, 0) is 14.3 Å². The van der Waals surface area contributed by atoms with Gasteiger partial charge in [-0.3, -0.25) is 14.9 Å². The van der Waals surface area contributed by atoms with Crippen molar-refractivity contribution in [3.8, 4) is 6.07 Å². The first-order valence-corrected chi connectivity index (χ1v) is 4.65. The molecular formula is C9H15N3O3. The molecule has 0 bridgehead atoms. The second-order valence-electron chi connectivity index (χ2n) is 2.79. The van der Waals surface area contributed by atoms with Crippen LogP contribution in [0.4, 0.5) is 0 Å². The molecule has 15 heavy (non-hydrogen) atoms. The van der Waals surface area contributed by atoms with Crippen LogP contribution in [0.15, 0.2) is 0 Å². The molecule has 0 fully saturated rings. The summed E-state index contributed by atoms with van der Waals surface area (Å²) in [5.41, 5.74) is 0. The van der Waals surface area contributed by atoms with Crippen molar-refractivity contribution < 1.29 is 14.3 Å². The van der Waals surface area contributed by atoms with E-state index in [-0.39, 0.29) is 19.0 Å². The van der Waals surface area contributed by atoms with Crippen LogP contribution in [0.2, 0.25) is 0 Å². The van der Waals surface area contributed by atoms with Gasteiger partial charge in [-0.1, -0.05) is 0 Å². The van der Waals surface area contributed by atoms with Crippen molar-refractivity contribution in [1.29, 1.82) is 5.26 Å². The molecule has 0 aromatic carbocycles. The minimum absolute atomic E-state index is 0.0122. The van der Waals surface area contributed by atoms with Crippen LogP contribution in [0.25, 0.3) is 0 Å². The lowest BCUT2D eigenvalue weighted by atomic mass is 10.3. The molecule has 6 nitrogen and oxygen atoms in total. The number of amides is 1. The second-order valence-corrected chi connectivity index (χ2v) is 2.79. The fourth-order valence-corrected chi connectivity index (χ4v) is 0.797. The van der Waals surface area contributed by atoms with Gasteiger partial charge in [-0.2, -0.15) is 5.26 Å². The molecule has 1 atom stereocenters. The van der Waals surface area contributed by atoms with Crippen LogP contribution in [-0.4, -0.2) is 37.6 Å². The molecule has 0 aromatic rings. The molecule has 2 N–H and O–H groups in total. The van der Waals surface area contributed by atoms with E-state index in [0.29, 0.717) is 6.61 Å². The van der Waals surface area contributed by atoms with Crippen LogP contribution in [0.3, 0.4) is 0 Å². The van der Waals surface area contributed by atoms with Gasteiger partial charge in [-0.25, -0.2) is 0 Å². The zero-order valence-corrected chi connectivity index (χ0v) is 8.87. The molecule has 0 saturated carbocycles. The fraction of sp³-hybridized carbons (Fsp3) is 0.667. The van der Waals surface area contributed by atoms with Gasteiger partial charge in [0.1, 0.15) is 12.6 Å². The maximum absolute atomic E-state index is 11.1. The van der Waals surface area contributed by atoms with Crippen LogP contribution in [0.5, 0.6) is 0 Å². The van der Waals surface area contributed by atoms with E-state index in [0.717, 1.165) is 0 Å². The molecule has 0 radical (unpaired) electrons. The Balaban J connectivity index is 3.70. The van der Waals surface area contributed by atoms with Gasteiger partial charge in [0.15, 0.2) is 0 Å². The molecule has 0 aliphatic carbocycles. The largest absolute Gasteiger partial charge is 0.465 e. The van der Waals surface area contributed by atoms with Crippen LogP contribution >= 0.6 is 0 Å². The molecule has 0 aliphatic heterocycles. The Morgan fingerprint density at radius 2 is 2.20 bits per heavy atom. The Hall–Kier alpha value is -1.61. The average Bonchev–Trinajstić information content (AvgIpc) is 2.23. The van der Waals surface area contributed by atoms with Crippen molar-refractivity contribution in [2.24, 2.45) is 0 Å². The number of nitrogens with zero attached hydrogens (tertiary/aromatic N) is 1.